The van der Waals surface area contributed by atoms with Crippen LogP contribution in [0.2, 0.25) is 5.02 Å². The fourth-order valence-electron chi connectivity index (χ4n) is 2.76. The highest BCUT2D eigenvalue weighted by Gasteiger charge is 2.23. The molecule has 106 valence electrons. The second-order valence-electron chi connectivity index (χ2n) is 5.22. The van der Waals surface area contributed by atoms with E-state index in [2.05, 4.69) is 17.1 Å². The lowest BCUT2D eigenvalue weighted by molar-refractivity contribution is 0.163. The van der Waals surface area contributed by atoms with Crippen molar-refractivity contribution in [1.29, 1.82) is 0 Å². The molecule has 19 heavy (non-hydrogen) atoms. The summed E-state index contributed by atoms with van der Waals surface area (Å²) in [5, 5.41) is 4.18. The van der Waals surface area contributed by atoms with Crippen LogP contribution in [0, 0.1) is 0 Å². The van der Waals surface area contributed by atoms with Crippen molar-refractivity contribution in [2.45, 2.75) is 32.2 Å². The molecule has 0 saturated carbocycles. The van der Waals surface area contributed by atoms with Crippen molar-refractivity contribution in [1.82, 2.24) is 10.2 Å². The Labute approximate surface area is 121 Å². The molecule has 0 amide bonds. The molecule has 0 bridgehead atoms. The zero-order valence-electron chi connectivity index (χ0n) is 11.7. The molecule has 0 aromatic heterocycles. The van der Waals surface area contributed by atoms with Gasteiger partial charge in [0, 0.05) is 42.9 Å². The van der Waals surface area contributed by atoms with Gasteiger partial charge in [0.2, 0.25) is 0 Å². The van der Waals surface area contributed by atoms with Crippen molar-refractivity contribution in [3.8, 4) is 0 Å². The Morgan fingerprint density at radius 1 is 1.37 bits per heavy atom. The number of piperazine rings is 1. The highest BCUT2D eigenvalue weighted by atomic mass is 35.5. The van der Waals surface area contributed by atoms with Crippen LogP contribution in [0.5, 0.6) is 0 Å². The Balaban J connectivity index is 2.22. The first-order valence-electron chi connectivity index (χ1n) is 7.22. The minimum absolute atomic E-state index is 0.403. The number of nitrogen functional groups attached to an aromatic ring is 1. The summed E-state index contributed by atoms with van der Waals surface area (Å²) in [6.45, 7) is 6.52. The van der Waals surface area contributed by atoms with Gasteiger partial charge in [-0.15, -0.1) is 0 Å². The summed E-state index contributed by atoms with van der Waals surface area (Å²) in [7, 11) is 0. The van der Waals surface area contributed by atoms with E-state index in [1.54, 1.807) is 0 Å². The Morgan fingerprint density at radius 2 is 2.11 bits per heavy atom. The molecular formula is C15H24ClN3. The van der Waals surface area contributed by atoms with Crippen LogP contribution in [0.4, 0.5) is 5.69 Å². The van der Waals surface area contributed by atoms with Crippen molar-refractivity contribution >= 4 is 17.3 Å². The lowest BCUT2D eigenvalue weighted by Crippen LogP contribution is -2.45. The molecule has 1 fully saturated rings. The van der Waals surface area contributed by atoms with E-state index in [1.165, 1.54) is 18.4 Å². The predicted octanol–water partition coefficient (Wildman–Crippen LogP) is 3.06. The van der Waals surface area contributed by atoms with Crippen LogP contribution < -0.4 is 11.1 Å². The summed E-state index contributed by atoms with van der Waals surface area (Å²) < 4.78 is 0. The molecule has 2 rings (SSSR count). The monoisotopic (exact) mass is 281 g/mol. The van der Waals surface area contributed by atoms with Gasteiger partial charge in [-0.2, -0.15) is 0 Å². The van der Waals surface area contributed by atoms with Crippen molar-refractivity contribution in [3.05, 3.63) is 28.8 Å². The fourth-order valence-corrected chi connectivity index (χ4v) is 2.94. The van der Waals surface area contributed by atoms with E-state index < -0.39 is 0 Å². The smallest absolute Gasteiger partial charge is 0.0410 e. The summed E-state index contributed by atoms with van der Waals surface area (Å²) in [5.74, 6) is 0. The predicted molar refractivity (Wildman–Crippen MR) is 82.6 cm³/mol. The Kier molecular flexibility index (Phi) is 5.49. The standard InChI is InChI=1S/C15H24ClN3/c1-2-3-4-15(19-9-7-18-8-10-19)13-11-12(16)5-6-14(13)17/h5-6,11,15,18H,2-4,7-10,17H2,1H3/t15-/m0/s1. The van der Waals surface area contributed by atoms with Crippen molar-refractivity contribution < 1.29 is 0 Å². The van der Waals surface area contributed by atoms with Gasteiger partial charge in [-0.05, 0) is 30.2 Å². The van der Waals surface area contributed by atoms with E-state index in [0.717, 1.165) is 43.3 Å². The Morgan fingerprint density at radius 3 is 2.79 bits per heavy atom. The lowest BCUT2D eigenvalue weighted by atomic mass is 9.97. The first-order chi connectivity index (χ1) is 9.22. The fraction of sp³-hybridized carbons (Fsp3) is 0.600. The number of nitrogens with one attached hydrogen (secondary N) is 1. The SMILES string of the molecule is CCCC[C@@H](c1cc(Cl)ccc1N)N1CCNCC1. The van der Waals surface area contributed by atoms with Crippen molar-refractivity contribution in [2.75, 3.05) is 31.9 Å². The lowest BCUT2D eigenvalue weighted by Gasteiger charge is -2.36. The third kappa shape index (κ3) is 3.85. The van der Waals surface area contributed by atoms with Crippen molar-refractivity contribution in [2.24, 2.45) is 0 Å². The van der Waals surface area contributed by atoms with Crippen LogP contribution in [0.25, 0.3) is 0 Å². The van der Waals surface area contributed by atoms with Gasteiger partial charge in [0.05, 0.1) is 0 Å². The molecule has 1 heterocycles. The highest BCUT2D eigenvalue weighted by Crippen LogP contribution is 2.32. The summed E-state index contributed by atoms with van der Waals surface area (Å²) in [4.78, 5) is 2.54. The van der Waals surface area contributed by atoms with Crippen molar-refractivity contribution in [3.63, 3.8) is 0 Å². The average Bonchev–Trinajstić information content (AvgIpc) is 2.44. The molecule has 0 spiro atoms. The summed E-state index contributed by atoms with van der Waals surface area (Å²) >= 11 is 6.15. The number of benzene rings is 1. The van der Waals surface area contributed by atoms with E-state index in [0.29, 0.717) is 6.04 Å². The number of nitrogens with two attached hydrogens (primary N) is 1. The molecule has 3 N–H and O–H groups in total. The zero-order chi connectivity index (χ0) is 13.7. The second-order valence-corrected chi connectivity index (χ2v) is 5.65. The summed E-state index contributed by atoms with van der Waals surface area (Å²) in [6.07, 6.45) is 3.59. The van der Waals surface area contributed by atoms with Crippen LogP contribution in [-0.2, 0) is 0 Å². The van der Waals surface area contributed by atoms with Gasteiger partial charge in [0.1, 0.15) is 0 Å². The Bertz CT molecular complexity index is 402. The number of hydrogen-bond donors (Lipinski definition) is 2. The number of halogens is 1. The number of unbranched alkanes of at least 4 members (excludes halogenated alkanes) is 1. The van der Waals surface area contributed by atoms with Gasteiger partial charge in [-0.1, -0.05) is 31.4 Å². The molecule has 1 aliphatic rings. The minimum atomic E-state index is 0.403. The van der Waals surface area contributed by atoms with Crippen LogP contribution in [0.3, 0.4) is 0 Å². The third-order valence-electron chi connectivity index (χ3n) is 3.83. The zero-order valence-corrected chi connectivity index (χ0v) is 12.4. The Hall–Kier alpha value is -0.770. The minimum Gasteiger partial charge on any atom is -0.398 e. The van der Waals surface area contributed by atoms with Crippen LogP contribution in [0.15, 0.2) is 18.2 Å². The molecule has 1 aromatic carbocycles. The van der Waals surface area contributed by atoms with E-state index in [-0.39, 0.29) is 0 Å². The maximum absolute atomic E-state index is 6.17. The van der Waals surface area contributed by atoms with Gasteiger partial charge >= 0.3 is 0 Å². The normalized spacial score (nSPS) is 18.4. The maximum Gasteiger partial charge on any atom is 0.0410 e. The molecule has 1 aromatic rings. The number of nitrogens with zero attached hydrogens (tertiary/aromatic N) is 1. The third-order valence-corrected chi connectivity index (χ3v) is 4.07. The van der Waals surface area contributed by atoms with Crippen LogP contribution in [0.1, 0.15) is 37.8 Å². The molecule has 0 radical (unpaired) electrons. The molecule has 0 unspecified atom stereocenters. The molecule has 1 saturated heterocycles. The van der Waals surface area contributed by atoms with E-state index in [1.807, 2.05) is 18.2 Å². The quantitative estimate of drug-likeness (QED) is 0.815. The van der Waals surface area contributed by atoms with Gasteiger partial charge in [0.25, 0.3) is 0 Å². The number of rotatable bonds is 5. The van der Waals surface area contributed by atoms with Gasteiger partial charge in [-0.25, -0.2) is 0 Å². The highest BCUT2D eigenvalue weighted by molar-refractivity contribution is 6.30. The van der Waals surface area contributed by atoms with Gasteiger partial charge < -0.3 is 11.1 Å². The first-order valence-corrected chi connectivity index (χ1v) is 7.60. The molecule has 1 atom stereocenters. The topological polar surface area (TPSA) is 41.3 Å². The summed E-state index contributed by atoms with van der Waals surface area (Å²) in [5.41, 5.74) is 8.23. The van der Waals surface area contributed by atoms with E-state index in [9.17, 15) is 0 Å². The number of anilines is 1. The molecule has 3 nitrogen and oxygen atoms in total. The average molecular weight is 282 g/mol. The van der Waals surface area contributed by atoms with Crippen LogP contribution in [-0.4, -0.2) is 31.1 Å². The van der Waals surface area contributed by atoms with E-state index >= 15 is 0 Å². The van der Waals surface area contributed by atoms with E-state index in [4.69, 9.17) is 17.3 Å². The largest absolute Gasteiger partial charge is 0.398 e. The molecule has 1 aliphatic heterocycles. The molecule has 0 aliphatic carbocycles. The van der Waals surface area contributed by atoms with Gasteiger partial charge in [-0.3, -0.25) is 4.90 Å². The molecular weight excluding hydrogens is 258 g/mol. The van der Waals surface area contributed by atoms with Gasteiger partial charge in [0.15, 0.2) is 0 Å². The second kappa shape index (κ2) is 7.13. The number of hydrogen-bond acceptors (Lipinski definition) is 3. The summed E-state index contributed by atoms with van der Waals surface area (Å²) in [6, 6.07) is 6.24. The maximum atomic E-state index is 6.17. The first kappa shape index (κ1) is 14.6. The van der Waals surface area contributed by atoms with Crippen LogP contribution >= 0.6 is 11.6 Å². The molecule has 4 heteroatoms.